The fourth-order valence-electron chi connectivity index (χ4n) is 0.733. The van der Waals surface area contributed by atoms with Crippen molar-refractivity contribution in [3.8, 4) is 0 Å². The van der Waals surface area contributed by atoms with Gasteiger partial charge in [-0.3, -0.25) is 4.98 Å². The van der Waals surface area contributed by atoms with Crippen molar-refractivity contribution < 1.29 is 0 Å². The van der Waals surface area contributed by atoms with E-state index in [4.69, 9.17) is 5.73 Å². The van der Waals surface area contributed by atoms with E-state index in [9.17, 15) is 0 Å². The molecule has 2 N–H and O–H groups in total. The zero-order valence-electron chi connectivity index (χ0n) is 6.12. The van der Waals surface area contributed by atoms with Crippen molar-refractivity contribution in [2.24, 2.45) is 5.73 Å². The van der Waals surface area contributed by atoms with Crippen LogP contribution in [0.25, 0.3) is 0 Å². The van der Waals surface area contributed by atoms with Crippen LogP contribution in [0, 0.1) is 0 Å². The normalized spacial score (nSPS) is 11.9. The van der Waals surface area contributed by atoms with Crippen LogP contribution in [0.5, 0.6) is 0 Å². The van der Waals surface area contributed by atoms with E-state index in [0.717, 1.165) is 10.2 Å². The smallest absolute Gasteiger partial charge is 0.0709 e. The second kappa shape index (κ2) is 4.70. The van der Waals surface area contributed by atoms with E-state index in [0.29, 0.717) is 0 Å². The van der Waals surface area contributed by atoms with Gasteiger partial charge in [-0.1, -0.05) is 0 Å². The fourth-order valence-corrected chi connectivity index (χ4v) is 1.35. The average Bonchev–Trinajstić information content (AvgIpc) is 1.88. The minimum atomic E-state index is -0.00410. The highest BCUT2D eigenvalue weighted by molar-refractivity contribution is 9.10. The molecule has 0 saturated heterocycles. The number of nitrogens with zero attached hydrogens (tertiary/aromatic N) is 1. The molecule has 4 heteroatoms. The van der Waals surface area contributed by atoms with Crippen LogP contribution in [0.4, 0.5) is 0 Å². The zero-order valence-corrected chi connectivity index (χ0v) is 8.52. The lowest BCUT2D eigenvalue weighted by atomic mass is 10.2. The minimum Gasteiger partial charge on any atom is -0.323 e. The van der Waals surface area contributed by atoms with Gasteiger partial charge < -0.3 is 5.73 Å². The van der Waals surface area contributed by atoms with Gasteiger partial charge in [0, 0.05) is 16.7 Å². The summed E-state index contributed by atoms with van der Waals surface area (Å²) in [6.45, 7) is 1.91. The molecule has 0 aromatic carbocycles. The van der Waals surface area contributed by atoms with Gasteiger partial charge in [-0.25, -0.2) is 0 Å². The molecular formula is C7H10BrClN2. The first-order valence-corrected chi connectivity index (χ1v) is 3.87. The molecule has 0 radical (unpaired) electrons. The van der Waals surface area contributed by atoms with E-state index in [-0.39, 0.29) is 18.4 Å². The summed E-state index contributed by atoms with van der Waals surface area (Å²) in [6.07, 6.45) is 1.74. The van der Waals surface area contributed by atoms with Gasteiger partial charge >= 0.3 is 0 Å². The predicted octanol–water partition coefficient (Wildman–Crippen LogP) is 2.29. The van der Waals surface area contributed by atoms with Crippen LogP contribution >= 0.6 is 28.3 Å². The molecule has 0 aliphatic heterocycles. The second-order valence-electron chi connectivity index (χ2n) is 2.16. The SMILES string of the molecule is C[C@@H](N)c1ncccc1Br.Cl. The number of hydrogen-bond donors (Lipinski definition) is 1. The molecule has 0 amide bonds. The lowest BCUT2D eigenvalue weighted by Gasteiger charge is -2.04. The van der Waals surface area contributed by atoms with Gasteiger partial charge in [0.15, 0.2) is 0 Å². The van der Waals surface area contributed by atoms with E-state index in [2.05, 4.69) is 20.9 Å². The Balaban J connectivity index is 0.000001000. The molecular weight excluding hydrogens is 227 g/mol. The van der Waals surface area contributed by atoms with Crippen LogP contribution in [0.15, 0.2) is 22.8 Å². The molecule has 2 nitrogen and oxygen atoms in total. The van der Waals surface area contributed by atoms with Crippen LogP contribution < -0.4 is 5.73 Å². The molecule has 1 rings (SSSR count). The molecule has 1 heterocycles. The lowest BCUT2D eigenvalue weighted by Crippen LogP contribution is -2.07. The first kappa shape index (κ1) is 10.9. The van der Waals surface area contributed by atoms with Gasteiger partial charge in [0.05, 0.1) is 5.69 Å². The quantitative estimate of drug-likeness (QED) is 0.814. The number of halogens is 2. The van der Waals surface area contributed by atoms with Gasteiger partial charge in [0.2, 0.25) is 0 Å². The Bertz CT molecular complexity index is 227. The van der Waals surface area contributed by atoms with Gasteiger partial charge in [-0.05, 0) is 35.0 Å². The molecule has 0 aliphatic rings. The number of rotatable bonds is 1. The van der Waals surface area contributed by atoms with Gasteiger partial charge in [-0.15, -0.1) is 12.4 Å². The molecule has 1 atom stereocenters. The van der Waals surface area contributed by atoms with Crippen LogP contribution in [-0.4, -0.2) is 4.98 Å². The summed E-state index contributed by atoms with van der Waals surface area (Å²) < 4.78 is 0.977. The minimum absolute atomic E-state index is 0. The Morgan fingerprint density at radius 1 is 1.64 bits per heavy atom. The maximum atomic E-state index is 5.62. The standard InChI is InChI=1S/C7H9BrN2.ClH/c1-5(9)7-6(8)3-2-4-10-7;/h2-5H,9H2,1H3;1H/t5-;/m1./s1. The van der Waals surface area contributed by atoms with Gasteiger partial charge in [0.25, 0.3) is 0 Å². The third-order valence-corrected chi connectivity index (χ3v) is 1.89. The molecule has 11 heavy (non-hydrogen) atoms. The summed E-state index contributed by atoms with van der Waals surface area (Å²) in [5, 5.41) is 0. The lowest BCUT2D eigenvalue weighted by molar-refractivity contribution is 0.775. The summed E-state index contributed by atoms with van der Waals surface area (Å²) in [6, 6.07) is 3.80. The summed E-state index contributed by atoms with van der Waals surface area (Å²) in [7, 11) is 0. The third-order valence-electron chi connectivity index (χ3n) is 1.22. The largest absolute Gasteiger partial charge is 0.323 e. The Morgan fingerprint density at radius 2 is 2.27 bits per heavy atom. The number of hydrogen-bond acceptors (Lipinski definition) is 2. The summed E-state index contributed by atoms with van der Waals surface area (Å²) in [4.78, 5) is 4.11. The Labute approximate surface area is 80.7 Å². The molecule has 0 fully saturated rings. The molecule has 0 saturated carbocycles. The first-order valence-electron chi connectivity index (χ1n) is 3.08. The molecule has 62 valence electrons. The highest BCUT2D eigenvalue weighted by Crippen LogP contribution is 2.17. The Kier molecular flexibility index (Phi) is 4.65. The molecule has 1 aromatic heterocycles. The van der Waals surface area contributed by atoms with E-state index in [1.54, 1.807) is 6.20 Å². The van der Waals surface area contributed by atoms with Crippen LogP contribution in [0.2, 0.25) is 0 Å². The number of pyridine rings is 1. The van der Waals surface area contributed by atoms with E-state index >= 15 is 0 Å². The Hall–Kier alpha value is -0.120. The monoisotopic (exact) mass is 236 g/mol. The average molecular weight is 238 g/mol. The molecule has 0 unspecified atom stereocenters. The van der Waals surface area contributed by atoms with Crippen molar-refractivity contribution in [3.05, 3.63) is 28.5 Å². The highest BCUT2D eigenvalue weighted by Gasteiger charge is 2.03. The van der Waals surface area contributed by atoms with Crippen molar-refractivity contribution in [3.63, 3.8) is 0 Å². The summed E-state index contributed by atoms with van der Waals surface area (Å²) in [5.74, 6) is 0. The number of aromatic nitrogens is 1. The summed E-state index contributed by atoms with van der Waals surface area (Å²) >= 11 is 3.35. The van der Waals surface area contributed by atoms with E-state index in [1.807, 2.05) is 19.1 Å². The summed E-state index contributed by atoms with van der Waals surface area (Å²) in [5.41, 5.74) is 6.53. The van der Waals surface area contributed by atoms with Crippen LogP contribution in [-0.2, 0) is 0 Å². The van der Waals surface area contributed by atoms with Crippen molar-refractivity contribution in [1.82, 2.24) is 4.98 Å². The van der Waals surface area contributed by atoms with Crippen molar-refractivity contribution in [1.29, 1.82) is 0 Å². The highest BCUT2D eigenvalue weighted by atomic mass is 79.9. The van der Waals surface area contributed by atoms with Gasteiger partial charge in [-0.2, -0.15) is 0 Å². The van der Waals surface area contributed by atoms with E-state index < -0.39 is 0 Å². The maximum Gasteiger partial charge on any atom is 0.0709 e. The maximum absolute atomic E-state index is 5.62. The zero-order chi connectivity index (χ0) is 7.56. The molecule has 0 spiro atoms. The Morgan fingerprint density at radius 3 is 2.64 bits per heavy atom. The second-order valence-corrected chi connectivity index (χ2v) is 3.01. The first-order chi connectivity index (χ1) is 4.72. The van der Waals surface area contributed by atoms with Crippen molar-refractivity contribution >= 4 is 28.3 Å². The van der Waals surface area contributed by atoms with Crippen molar-refractivity contribution in [2.75, 3.05) is 0 Å². The molecule has 0 bridgehead atoms. The number of nitrogens with two attached hydrogens (primary N) is 1. The molecule has 1 aromatic rings. The topological polar surface area (TPSA) is 38.9 Å². The molecule has 0 aliphatic carbocycles. The van der Waals surface area contributed by atoms with Crippen LogP contribution in [0.3, 0.4) is 0 Å². The van der Waals surface area contributed by atoms with Gasteiger partial charge in [0.1, 0.15) is 0 Å². The van der Waals surface area contributed by atoms with Crippen molar-refractivity contribution in [2.45, 2.75) is 13.0 Å². The third kappa shape index (κ3) is 2.77. The predicted molar refractivity (Wildman–Crippen MR) is 51.8 cm³/mol. The van der Waals surface area contributed by atoms with Crippen LogP contribution in [0.1, 0.15) is 18.7 Å². The van der Waals surface area contributed by atoms with E-state index in [1.165, 1.54) is 0 Å². The fraction of sp³-hybridized carbons (Fsp3) is 0.286.